The number of aromatic amines is 1. The Kier molecular flexibility index (Phi) is 5.40. The van der Waals surface area contributed by atoms with Crippen LogP contribution >= 0.6 is 0 Å². The molecular formula is C24H24N8O2. The third kappa shape index (κ3) is 3.43. The van der Waals surface area contributed by atoms with E-state index in [0.717, 1.165) is 22.3 Å². The molecule has 0 radical (unpaired) electrons. The van der Waals surface area contributed by atoms with Gasteiger partial charge in [0, 0.05) is 25.2 Å². The average Bonchev–Trinajstić information content (AvgIpc) is 3.49. The average molecular weight is 457 g/mol. The highest BCUT2D eigenvalue weighted by molar-refractivity contribution is 5.80. The lowest BCUT2D eigenvalue weighted by atomic mass is 9.98. The van der Waals surface area contributed by atoms with Gasteiger partial charge in [0.2, 0.25) is 0 Å². The molecule has 10 heteroatoms. The number of hydrogen-bond acceptors (Lipinski definition) is 6. The van der Waals surface area contributed by atoms with Crippen molar-refractivity contribution in [2.45, 2.75) is 40.4 Å². The maximum Gasteiger partial charge on any atom is 0.332 e. The van der Waals surface area contributed by atoms with Crippen molar-refractivity contribution in [2.75, 3.05) is 0 Å². The summed E-state index contributed by atoms with van der Waals surface area (Å²) in [7, 11) is 0. The van der Waals surface area contributed by atoms with Crippen LogP contribution in [-0.4, -0.2) is 39.3 Å². The molecule has 3 heterocycles. The first-order chi connectivity index (χ1) is 16.5. The van der Waals surface area contributed by atoms with E-state index in [1.165, 1.54) is 4.57 Å². The Hall–Kier alpha value is -4.34. The van der Waals surface area contributed by atoms with Crippen molar-refractivity contribution in [3.05, 3.63) is 80.8 Å². The number of nitrogens with zero attached hydrogens (tertiary/aromatic N) is 7. The van der Waals surface area contributed by atoms with Crippen molar-refractivity contribution in [2.24, 2.45) is 0 Å². The van der Waals surface area contributed by atoms with Crippen LogP contribution in [0.25, 0.3) is 33.7 Å². The third-order valence-corrected chi connectivity index (χ3v) is 6.07. The molecule has 0 aliphatic carbocycles. The smallest absolute Gasteiger partial charge is 0.318 e. The SMILES string of the molecule is CCn1c(=O)c2c(nc(C)n2Cc2ccc(-c3ccccc3-c3nnn[nH]3)cc2)n(CC)c1=O. The van der Waals surface area contributed by atoms with E-state index in [2.05, 4.69) is 25.6 Å². The van der Waals surface area contributed by atoms with Gasteiger partial charge in [-0.1, -0.05) is 48.5 Å². The first kappa shape index (κ1) is 21.5. The van der Waals surface area contributed by atoms with Gasteiger partial charge in [-0.25, -0.2) is 14.9 Å². The first-order valence-corrected chi connectivity index (χ1v) is 11.2. The summed E-state index contributed by atoms with van der Waals surface area (Å²) in [5, 5.41) is 14.2. The van der Waals surface area contributed by atoms with Gasteiger partial charge in [-0.15, -0.1) is 5.10 Å². The fraction of sp³-hybridized carbons (Fsp3) is 0.250. The van der Waals surface area contributed by atoms with Crippen LogP contribution in [0.5, 0.6) is 0 Å². The van der Waals surface area contributed by atoms with E-state index in [1.54, 1.807) is 11.5 Å². The fourth-order valence-corrected chi connectivity index (χ4v) is 4.34. The van der Waals surface area contributed by atoms with Crippen molar-refractivity contribution in [3.8, 4) is 22.5 Å². The quantitative estimate of drug-likeness (QED) is 0.420. The van der Waals surface area contributed by atoms with Crippen LogP contribution in [0.2, 0.25) is 0 Å². The van der Waals surface area contributed by atoms with Crippen LogP contribution in [0.4, 0.5) is 0 Å². The number of hydrogen-bond donors (Lipinski definition) is 1. The summed E-state index contributed by atoms with van der Waals surface area (Å²) in [6, 6.07) is 16.1. The van der Waals surface area contributed by atoms with Crippen LogP contribution in [0.1, 0.15) is 25.2 Å². The molecule has 5 aromatic rings. The summed E-state index contributed by atoms with van der Waals surface area (Å²) in [4.78, 5) is 30.4. The Morgan fingerprint density at radius 2 is 1.59 bits per heavy atom. The summed E-state index contributed by atoms with van der Waals surface area (Å²) < 4.78 is 4.71. The zero-order chi connectivity index (χ0) is 23.8. The second-order valence-corrected chi connectivity index (χ2v) is 7.99. The maximum atomic E-state index is 13.1. The van der Waals surface area contributed by atoms with Gasteiger partial charge in [0.25, 0.3) is 5.56 Å². The number of rotatable bonds is 6. The number of tetrazole rings is 1. The number of fused-ring (bicyclic) bond motifs is 1. The summed E-state index contributed by atoms with van der Waals surface area (Å²) in [5.74, 6) is 1.30. The van der Waals surface area contributed by atoms with Gasteiger partial charge in [-0.2, -0.15) is 0 Å². The number of benzene rings is 2. The predicted molar refractivity (Wildman–Crippen MR) is 128 cm³/mol. The lowest BCUT2D eigenvalue weighted by molar-refractivity contribution is 0.603. The highest BCUT2D eigenvalue weighted by Crippen LogP contribution is 2.30. The molecule has 10 nitrogen and oxygen atoms in total. The lowest BCUT2D eigenvalue weighted by Crippen LogP contribution is -2.40. The van der Waals surface area contributed by atoms with Crippen molar-refractivity contribution >= 4 is 11.2 Å². The standard InChI is InChI=1S/C24H24N8O2/c1-4-30-22-20(23(33)31(5-2)24(30)34)32(15(3)25-22)14-16-10-12-17(13-11-16)18-8-6-7-9-19(18)21-26-28-29-27-21/h6-13H,4-5,14H2,1-3H3,(H,26,27,28,29). The van der Waals surface area contributed by atoms with E-state index in [9.17, 15) is 9.59 Å². The molecule has 0 saturated heterocycles. The van der Waals surface area contributed by atoms with Crippen LogP contribution in [0.3, 0.4) is 0 Å². The van der Waals surface area contributed by atoms with E-state index in [0.29, 0.717) is 42.4 Å². The van der Waals surface area contributed by atoms with Crippen LogP contribution in [-0.2, 0) is 19.6 Å². The van der Waals surface area contributed by atoms with Crippen LogP contribution < -0.4 is 11.2 Å². The lowest BCUT2D eigenvalue weighted by Gasteiger charge is -2.11. The predicted octanol–water partition coefficient (Wildman–Crippen LogP) is 2.60. The van der Waals surface area contributed by atoms with E-state index in [-0.39, 0.29) is 11.2 Å². The highest BCUT2D eigenvalue weighted by atomic mass is 16.2. The topological polar surface area (TPSA) is 116 Å². The van der Waals surface area contributed by atoms with Gasteiger partial charge < -0.3 is 4.57 Å². The van der Waals surface area contributed by atoms with Gasteiger partial charge in [-0.05, 0) is 47.9 Å². The zero-order valence-electron chi connectivity index (χ0n) is 19.2. The fourth-order valence-electron chi connectivity index (χ4n) is 4.34. The molecule has 3 aromatic heterocycles. The molecule has 0 atom stereocenters. The molecule has 1 N–H and O–H groups in total. The summed E-state index contributed by atoms with van der Waals surface area (Å²) >= 11 is 0. The molecule has 0 spiro atoms. The molecule has 34 heavy (non-hydrogen) atoms. The molecular weight excluding hydrogens is 432 g/mol. The van der Waals surface area contributed by atoms with E-state index in [1.807, 2.05) is 66.9 Å². The Balaban J connectivity index is 1.55. The summed E-state index contributed by atoms with van der Waals surface area (Å²) in [6.07, 6.45) is 0. The number of aryl methyl sites for hydroxylation is 2. The molecule has 5 rings (SSSR count). The number of H-pyrrole nitrogens is 1. The van der Waals surface area contributed by atoms with E-state index in [4.69, 9.17) is 0 Å². The van der Waals surface area contributed by atoms with Gasteiger partial charge in [0.1, 0.15) is 5.82 Å². The normalized spacial score (nSPS) is 11.4. The van der Waals surface area contributed by atoms with Gasteiger partial charge in [-0.3, -0.25) is 13.9 Å². The first-order valence-electron chi connectivity index (χ1n) is 11.2. The minimum Gasteiger partial charge on any atom is -0.318 e. The Morgan fingerprint density at radius 3 is 2.24 bits per heavy atom. The van der Waals surface area contributed by atoms with E-state index < -0.39 is 0 Å². The molecule has 0 unspecified atom stereocenters. The molecule has 0 bridgehead atoms. The Labute approximate surface area is 194 Å². The van der Waals surface area contributed by atoms with E-state index >= 15 is 0 Å². The van der Waals surface area contributed by atoms with Crippen LogP contribution in [0, 0.1) is 6.92 Å². The molecule has 0 fully saturated rings. The molecule has 0 amide bonds. The molecule has 172 valence electrons. The number of imidazole rings is 1. The van der Waals surface area contributed by atoms with Crippen molar-refractivity contribution in [1.29, 1.82) is 0 Å². The number of aromatic nitrogens is 8. The minimum absolute atomic E-state index is 0.306. The zero-order valence-corrected chi connectivity index (χ0v) is 19.2. The molecule has 0 saturated carbocycles. The van der Waals surface area contributed by atoms with Crippen LogP contribution in [0.15, 0.2) is 58.1 Å². The van der Waals surface area contributed by atoms with Gasteiger partial charge in [0.05, 0.1) is 0 Å². The third-order valence-electron chi connectivity index (χ3n) is 6.07. The second-order valence-electron chi connectivity index (χ2n) is 7.99. The minimum atomic E-state index is -0.322. The maximum absolute atomic E-state index is 13.1. The van der Waals surface area contributed by atoms with Crippen molar-refractivity contribution < 1.29 is 0 Å². The highest BCUT2D eigenvalue weighted by Gasteiger charge is 2.19. The van der Waals surface area contributed by atoms with Gasteiger partial charge >= 0.3 is 5.69 Å². The largest absolute Gasteiger partial charge is 0.332 e. The second kappa shape index (κ2) is 8.54. The molecule has 0 aliphatic rings. The van der Waals surface area contributed by atoms with Gasteiger partial charge in [0.15, 0.2) is 17.0 Å². The Bertz CT molecular complexity index is 1590. The summed E-state index contributed by atoms with van der Waals surface area (Å²) in [6.45, 7) is 6.76. The number of nitrogens with one attached hydrogen (secondary N) is 1. The van der Waals surface area contributed by atoms with Crippen molar-refractivity contribution in [1.82, 2.24) is 39.3 Å². The monoisotopic (exact) mass is 456 g/mol. The molecule has 2 aromatic carbocycles. The Morgan fingerprint density at radius 1 is 0.882 bits per heavy atom. The van der Waals surface area contributed by atoms with Crippen molar-refractivity contribution in [3.63, 3.8) is 0 Å². The summed E-state index contributed by atoms with van der Waals surface area (Å²) in [5.41, 5.74) is 4.22. The molecule has 0 aliphatic heterocycles.